The average Bonchev–Trinajstić information content (AvgIpc) is 3.53. The van der Waals surface area contributed by atoms with Gasteiger partial charge < -0.3 is 20.5 Å². The summed E-state index contributed by atoms with van der Waals surface area (Å²) < 4.78 is 5.55. The highest BCUT2D eigenvalue weighted by atomic mass is 16.5. The number of carbonyl (C=O) groups is 3. The van der Waals surface area contributed by atoms with Gasteiger partial charge in [0, 0.05) is 24.9 Å². The molecule has 1 fully saturated rings. The van der Waals surface area contributed by atoms with E-state index in [1.807, 2.05) is 31.2 Å². The first-order valence-electron chi connectivity index (χ1n) is 11.0. The van der Waals surface area contributed by atoms with Crippen molar-refractivity contribution >= 4 is 18.0 Å². The Balaban J connectivity index is 1.29. The van der Waals surface area contributed by atoms with Gasteiger partial charge in [0.25, 0.3) is 0 Å². The van der Waals surface area contributed by atoms with Gasteiger partial charge >= 0.3 is 12.1 Å². The van der Waals surface area contributed by atoms with Crippen LogP contribution in [0.1, 0.15) is 49.7 Å². The number of nitrogens with one attached hydrogen (secondary N) is 2. The number of amides is 2. The summed E-state index contributed by atoms with van der Waals surface area (Å²) in [6.45, 7) is 2.22. The van der Waals surface area contributed by atoms with Crippen molar-refractivity contribution in [3.05, 3.63) is 59.7 Å². The molecule has 32 heavy (non-hydrogen) atoms. The lowest BCUT2D eigenvalue weighted by molar-refractivity contribution is -0.143. The molecule has 1 saturated carbocycles. The summed E-state index contributed by atoms with van der Waals surface area (Å²) in [6, 6.07) is 15.9. The molecule has 0 heterocycles. The first-order valence-corrected chi connectivity index (χ1v) is 11.0. The van der Waals surface area contributed by atoms with Crippen LogP contribution in [0, 0.1) is 5.41 Å². The van der Waals surface area contributed by atoms with E-state index in [0.717, 1.165) is 22.3 Å². The lowest BCUT2D eigenvalue weighted by Crippen LogP contribution is -2.41. The van der Waals surface area contributed by atoms with Crippen LogP contribution in [-0.2, 0) is 14.3 Å². The zero-order chi connectivity index (χ0) is 22.7. The van der Waals surface area contributed by atoms with Crippen molar-refractivity contribution in [1.82, 2.24) is 10.6 Å². The molecule has 0 radical (unpaired) electrons. The van der Waals surface area contributed by atoms with Gasteiger partial charge in [-0.3, -0.25) is 9.59 Å². The first kappa shape index (κ1) is 21.9. The third-order valence-corrected chi connectivity index (χ3v) is 6.52. The van der Waals surface area contributed by atoms with Gasteiger partial charge in [0.15, 0.2) is 0 Å². The average molecular weight is 437 g/mol. The maximum Gasteiger partial charge on any atom is 0.407 e. The molecule has 3 N–H and O–H groups in total. The van der Waals surface area contributed by atoms with Crippen LogP contribution >= 0.6 is 0 Å². The van der Waals surface area contributed by atoms with Crippen molar-refractivity contribution < 1.29 is 24.2 Å². The highest BCUT2D eigenvalue weighted by Crippen LogP contribution is 2.45. The lowest BCUT2D eigenvalue weighted by Gasteiger charge is -2.19. The third kappa shape index (κ3) is 4.47. The molecule has 2 aliphatic rings. The Morgan fingerprint density at radius 3 is 2.19 bits per heavy atom. The molecule has 2 aromatic rings. The van der Waals surface area contributed by atoms with Crippen LogP contribution in [-0.4, -0.2) is 42.3 Å². The van der Waals surface area contributed by atoms with E-state index in [9.17, 15) is 19.5 Å². The second-order valence-electron chi connectivity index (χ2n) is 8.64. The van der Waals surface area contributed by atoms with Gasteiger partial charge in [0.2, 0.25) is 5.91 Å². The van der Waals surface area contributed by atoms with E-state index in [1.54, 1.807) is 0 Å². The maximum atomic E-state index is 12.4. The number of hydrogen-bond acceptors (Lipinski definition) is 4. The Hall–Kier alpha value is -3.35. The summed E-state index contributed by atoms with van der Waals surface area (Å²) in [5, 5.41) is 14.7. The maximum absolute atomic E-state index is 12.4. The van der Waals surface area contributed by atoms with Gasteiger partial charge in [-0.25, -0.2) is 4.79 Å². The van der Waals surface area contributed by atoms with Crippen LogP contribution in [0.15, 0.2) is 48.5 Å². The van der Waals surface area contributed by atoms with E-state index in [1.165, 1.54) is 0 Å². The van der Waals surface area contributed by atoms with Gasteiger partial charge in [-0.05, 0) is 41.5 Å². The minimum Gasteiger partial charge on any atom is -0.481 e. The summed E-state index contributed by atoms with van der Waals surface area (Å²) in [5.74, 6) is -1.17. The van der Waals surface area contributed by atoms with Gasteiger partial charge in [-0.15, -0.1) is 0 Å². The predicted molar refractivity (Wildman–Crippen MR) is 119 cm³/mol. The Kier molecular flexibility index (Phi) is 6.17. The molecular formula is C25H28N2O5. The highest BCUT2D eigenvalue weighted by Gasteiger charge is 2.50. The van der Waals surface area contributed by atoms with E-state index in [4.69, 9.17) is 4.74 Å². The fraction of sp³-hybridized carbons (Fsp3) is 0.400. The van der Waals surface area contributed by atoms with E-state index in [0.29, 0.717) is 19.3 Å². The lowest BCUT2D eigenvalue weighted by atomic mass is 9.98. The molecule has 0 spiro atoms. The van der Waals surface area contributed by atoms with Gasteiger partial charge in [-0.1, -0.05) is 55.5 Å². The van der Waals surface area contributed by atoms with Crippen molar-refractivity contribution in [3.63, 3.8) is 0 Å². The molecule has 2 aromatic carbocycles. The molecule has 2 aliphatic carbocycles. The number of aliphatic carboxylic acids is 1. The number of ether oxygens (including phenoxy) is 1. The zero-order valence-electron chi connectivity index (χ0n) is 18.1. The highest BCUT2D eigenvalue weighted by molar-refractivity contribution is 5.82. The standard InChI is InChI=1S/C25H28N2O5/c1-2-16(13-22(28)26-15-25(11-12-25)23(29)30)27-24(31)32-14-21-19-9-5-3-7-17(19)18-8-4-6-10-20(18)21/h3-10,16,21H,2,11-15H2,1H3,(H,26,28)(H,27,31)(H,29,30)/t16-/m1/s1. The van der Waals surface area contributed by atoms with Gasteiger partial charge in [-0.2, -0.15) is 0 Å². The van der Waals surface area contributed by atoms with Crippen molar-refractivity contribution in [1.29, 1.82) is 0 Å². The Labute approximate surface area is 187 Å². The molecule has 2 amide bonds. The van der Waals surface area contributed by atoms with Crippen LogP contribution in [0.5, 0.6) is 0 Å². The predicted octanol–water partition coefficient (Wildman–Crippen LogP) is 3.67. The molecule has 0 bridgehead atoms. The van der Waals surface area contributed by atoms with Crippen molar-refractivity contribution in [3.8, 4) is 11.1 Å². The molecule has 0 unspecified atom stereocenters. The molecule has 4 rings (SSSR count). The van der Waals surface area contributed by atoms with Crippen LogP contribution in [0.4, 0.5) is 4.79 Å². The molecule has 0 aromatic heterocycles. The van der Waals surface area contributed by atoms with Crippen molar-refractivity contribution in [2.45, 2.75) is 44.6 Å². The smallest absolute Gasteiger partial charge is 0.407 e. The normalized spacial score (nSPS) is 16.4. The Morgan fingerprint density at radius 2 is 1.66 bits per heavy atom. The minimum atomic E-state index is -0.874. The quantitative estimate of drug-likeness (QED) is 0.556. The third-order valence-electron chi connectivity index (χ3n) is 6.52. The number of carbonyl (C=O) groups excluding carboxylic acids is 2. The summed E-state index contributed by atoms with van der Waals surface area (Å²) in [4.78, 5) is 35.9. The number of alkyl carbamates (subject to hydrolysis) is 1. The van der Waals surface area contributed by atoms with Crippen molar-refractivity contribution in [2.75, 3.05) is 13.2 Å². The van der Waals surface area contributed by atoms with Gasteiger partial charge in [0.1, 0.15) is 6.61 Å². The Morgan fingerprint density at radius 1 is 1.06 bits per heavy atom. The summed E-state index contributed by atoms with van der Waals surface area (Å²) in [5.41, 5.74) is 3.79. The number of hydrogen-bond donors (Lipinski definition) is 3. The van der Waals surface area contributed by atoms with E-state index in [2.05, 4.69) is 34.9 Å². The second-order valence-corrected chi connectivity index (χ2v) is 8.64. The Bertz CT molecular complexity index is 985. The molecule has 0 saturated heterocycles. The molecule has 168 valence electrons. The fourth-order valence-electron chi connectivity index (χ4n) is 4.29. The number of benzene rings is 2. The topological polar surface area (TPSA) is 105 Å². The van der Waals surface area contributed by atoms with Crippen LogP contribution in [0.25, 0.3) is 11.1 Å². The van der Waals surface area contributed by atoms with E-state index < -0.39 is 17.5 Å². The summed E-state index contributed by atoms with van der Waals surface area (Å²) in [6.07, 6.45) is 1.24. The summed E-state index contributed by atoms with van der Waals surface area (Å²) >= 11 is 0. The molecule has 0 aliphatic heterocycles. The minimum absolute atomic E-state index is 0.0257. The zero-order valence-corrected chi connectivity index (χ0v) is 18.1. The number of carboxylic acids is 1. The van der Waals surface area contributed by atoms with Crippen molar-refractivity contribution in [2.24, 2.45) is 5.41 Å². The fourth-order valence-corrected chi connectivity index (χ4v) is 4.29. The molecule has 7 heteroatoms. The first-order chi connectivity index (χ1) is 15.4. The van der Waals surface area contributed by atoms with Crippen LogP contribution in [0.3, 0.4) is 0 Å². The van der Waals surface area contributed by atoms with E-state index >= 15 is 0 Å². The number of rotatable bonds is 9. The van der Waals surface area contributed by atoms with E-state index in [-0.39, 0.29) is 37.4 Å². The molecule has 7 nitrogen and oxygen atoms in total. The summed E-state index contributed by atoms with van der Waals surface area (Å²) in [7, 11) is 0. The van der Waals surface area contributed by atoms with Gasteiger partial charge in [0.05, 0.1) is 5.41 Å². The SMILES string of the molecule is CC[C@H](CC(=O)NCC1(C(=O)O)CC1)NC(=O)OCC1c2ccccc2-c2ccccc21. The number of fused-ring (bicyclic) bond motifs is 3. The van der Waals surface area contributed by atoms with Crippen LogP contribution in [0.2, 0.25) is 0 Å². The molecular weight excluding hydrogens is 408 g/mol. The molecule has 1 atom stereocenters. The van der Waals surface area contributed by atoms with Crippen LogP contribution < -0.4 is 10.6 Å². The number of carboxylic acid groups (broad SMARTS) is 1. The second kappa shape index (κ2) is 9.02. The largest absolute Gasteiger partial charge is 0.481 e. The monoisotopic (exact) mass is 436 g/mol.